The van der Waals surface area contributed by atoms with Gasteiger partial charge in [-0.1, -0.05) is 66.7 Å². The molecule has 3 heteroatoms. The molecule has 17 rings (SSSR count). The van der Waals surface area contributed by atoms with E-state index < -0.39 is 0 Å². The Morgan fingerprint density at radius 1 is 0.316 bits per heavy atom. The van der Waals surface area contributed by atoms with Crippen LogP contribution in [0.25, 0.3) is 134 Å². The van der Waals surface area contributed by atoms with Crippen LogP contribution in [0.15, 0.2) is 279 Å². The second kappa shape index (κ2) is 17.5. The normalized spacial score (nSPS) is 15.0. The molecular formula is C76H48N2Se. The fourth-order valence-electron chi connectivity index (χ4n) is 13.9. The molecule has 3 heterocycles. The van der Waals surface area contributed by atoms with Crippen molar-refractivity contribution in [2.75, 3.05) is 4.90 Å². The third-order valence-corrected chi connectivity index (χ3v) is 19.6. The minimum absolute atomic E-state index is 0.141. The van der Waals surface area contributed by atoms with Crippen molar-refractivity contribution in [2.45, 2.75) is 12.0 Å². The van der Waals surface area contributed by atoms with Gasteiger partial charge in [-0.3, -0.25) is 0 Å². The fraction of sp³-hybridized carbons (Fsp3) is 0.0263. The molecule has 2 nitrogen and oxygen atoms in total. The molecular weight excluding hydrogens is 1020 g/mol. The van der Waals surface area contributed by atoms with Crippen molar-refractivity contribution in [3.05, 3.63) is 285 Å². The number of fused-ring (bicyclic) bond motifs is 13. The molecule has 15 aromatic rings. The van der Waals surface area contributed by atoms with Crippen molar-refractivity contribution in [1.29, 1.82) is 0 Å². The first-order valence-electron chi connectivity index (χ1n) is 27.5. The van der Waals surface area contributed by atoms with E-state index in [1.165, 1.54) is 151 Å². The zero-order valence-electron chi connectivity index (χ0n) is 43.0. The Balaban J connectivity index is 0.876. The Kier molecular flexibility index (Phi) is 9.89. The number of benzene rings is 13. The van der Waals surface area contributed by atoms with Crippen molar-refractivity contribution >= 4 is 110 Å². The van der Waals surface area contributed by atoms with E-state index in [2.05, 4.69) is 289 Å². The first-order chi connectivity index (χ1) is 39.2. The maximum atomic E-state index is 2.65. The van der Waals surface area contributed by atoms with E-state index in [9.17, 15) is 0 Å². The number of hydrogen-bond donors (Lipinski definition) is 0. The molecule has 2 aromatic heterocycles. The Bertz CT molecular complexity index is 4980. The standard InChI is InChI=1S/C76H48N2Se/c1-3-20-47(21-4-1)49-38-41-68-63(44-49)52-24-15-17-35-66(52)77(68)75-58-30-11-7-26-54(58)72(55-27-8-12-31-59(55)75)51-40-43-70-65(46-51)74-62(34-19-37-71(74)79-70)73-56-28-9-13-32-60(56)76(61-33-14-10-29-57(61)73)78-67-36-18-16-25-53(67)64-45-50(39-42-69(64)78)48-22-5-2-6-23-48/h1-46,52,66H. The summed E-state index contributed by atoms with van der Waals surface area (Å²) in [5.74, 6) is 0.238. The van der Waals surface area contributed by atoms with Gasteiger partial charge in [-0.05, 0) is 16.7 Å². The van der Waals surface area contributed by atoms with Gasteiger partial charge in [0.15, 0.2) is 0 Å². The monoisotopic (exact) mass is 1070 g/mol. The van der Waals surface area contributed by atoms with E-state index in [-0.39, 0.29) is 26.5 Å². The second-order valence-corrected chi connectivity index (χ2v) is 23.6. The predicted molar refractivity (Wildman–Crippen MR) is 338 cm³/mol. The van der Waals surface area contributed by atoms with Crippen LogP contribution in [0.1, 0.15) is 11.5 Å². The van der Waals surface area contributed by atoms with Crippen LogP contribution in [0.5, 0.6) is 0 Å². The first-order valence-corrected chi connectivity index (χ1v) is 29.2. The van der Waals surface area contributed by atoms with Gasteiger partial charge in [0.2, 0.25) is 0 Å². The van der Waals surface area contributed by atoms with Crippen molar-refractivity contribution in [3.8, 4) is 50.2 Å². The topological polar surface area (TPSA) is 8.17 Å². The van der Waals surface area contributed by atoms with Gasteiger partial charge < -0.3 is 0 Å². The molecule has 0 amide bonds. The number of allylic oxidation sites excluding steroid dienone is 2. The Morgan fingerprint density at radius 2 is 0.835 bits per heavy atom. The molecule has 13 aromatic carbocycles. The third-order valence-electron chi connectivity index (χ3n) is 17.3. The molecule has 0 radical (unpaired) electrons. The first kappa shape index (κ1) is 44.6. The Morgan fingerprint density at radius 3 is 1.51 bits per heavy atom. The number of rotatable bonds is 6. The van der Waals surface area contributed by atoms with Crippen LogP contribution in [0.3, 0.4) is 0 Å². The van der Waals surface area contributed by atoms with Crippen LogP contribution >= 0.6 is 0 Å². The average Bonchev–Trinajstić information content (AvgIpc) is 4.29. The molecule has 0 fully saturated rings. The summed E-state index contributed by atoms with van der Waals surface area (Å²) in [6, 6.07) is 96.0. The van der Waals surface area contributed by atoms with Crippen LogP contribution in [-0.2, 0) is 0 Å². The summed E-state index contributed by atoms with van der Waals surface area (Å²) in [5, 5.41) is 15.3. The zero-order chi connectivity index (χ0) is 51.7. The van der Waals surface area contributed by atoms with Gasteiger partial charge in [0.25, 0.3) is 0 Å². The van der Waals surface area contributed by atoms with Crippen molar-refractivity contribution < 1.29 is 0 Å². The Hall–Kier alpha value is -9.50. The number of anilines is 2. The molecule has 1 aliphatic carbocycles. The summed E-state index contributed by atoms with van der Waals surface area (Å²) in [6.45, 7) is 0. The SMILES string of the molecule is C1=CC2c3cc(-c4ccccc4)ccc3N(c3c4ccccc4c(-c4ccc5[se]c6cccc(-c7c8ccccc8c(-n8c9ccccc9c9cc(-c%10ccccc%10)ccc98)c8ccccc78)c6c5c4)c4ccccc34)C2C=C1. The minimum atomic E-state index is 0.141. The van der Waals surface area contributed by atoms with E-state index in [0.29, 0.717) is 0 Å². The molecule has 368 valence electrons. The molecule has 2 unspecified atom stereocenters. The zero-order valence-corrected chi connectivity index (χ0v) is 44.7. The van der Waals surface area contributed by atoms with Gasteiger partial charge in [-0.15, -0.1) is 0 Å². The molecule has 2 atom stereocenters. The van der Waals surface area contributed by atoms with Gasteiger partial charge in [0, 0.05) is 0 Å². The number of nitrogens with zero attached hydrogens (tertiary/aromatic N) is 2. The van der Waals surface area contributed by atoms with Gasteiger partial charge in [-0.2, -0.15) is 0 Å². The van der Waals surface area contributed by atoms with Gasteiger partial charge in [0.05, 0.1) is 0 Å². The van der Waals surface area contributed by atoms with Crippen molar-refractivity contribution in [1.82, 2.24) is 4.57 Å². The molecule has 0 saturated heterocycles. The third kappa shape index (κ3) is 6.65. The van der Waals surface area contributed by atoms with E-state index in [0.717, 1.165) is 0 Å². The molecule has 2 aliphatic rings. The maximum absolute atomic E-state index is 2.65. The van der Waals surface area contributed by atoms with Crippen LogP contribution in [0.2, 0.25) is 0 Å². The van der Waals surface area contributed by atoms with E-state index in [1.807, 2.05) is 0 Å². The van der Waals surface area contributed by atoms with E-state index in [4.69, 9.17) is 0 Å². The van der Waals surface area contributed by atoms with Crippen LogP contribution in [0, 0.1) is 0 Å². The summed E-state index contributed by atoms with van der Waals surface area (Å²) in [6.07, 6.45) is 9.29. The van der Waals surface area contributed by atoms with Gasteiger partial charge >= 0.3 is 383 Å². The van der Waals surface area contributed by atoms with Crippen molar-refractivity contribution in [2.24, 2.45) is 0 Å². The summed E-state index contributed by atoms with van der Waals surface area (Å²) in [7, 11) is 0. The average molecular weight is 1070 g/mol. The number of aromatic nitrogens is 1. The van der Waals surface area contributed by atoms with Crippen LogP contribution < -0.4 is 4.90 Å². The summed E-state index contributed by atoms with van der Waals surface area (Å²) in [4.78, 5) is 2.65. The molecule has 0 spiro atoms. The van der Waals surface area contributed by atoms with Crippen LogP contribution in [-0.4, -0.2) is 25.1 Å². The second-order valence-electron chi connectivity index (χ2n) is 21.4. The molecule has 79 heavy (non-hydrogen) atoms. The summed E-state index contributed by atoms with van der Waals surface area (Å²) < 4.78 is 5.41. The molecule has 1 aliphatic heterocycles. The number of para-hydroxylation sites is 1. The van der Waals surface area contributed by atoms with Gasteiger partial charge in [0.1, 0.15) is 0 Å². The van der Waals surface area contributed by atoms with Gasteiger partial charge in [-0.25, -0.2) is 0 Å². The van der Waals surface area contributed by atoms with E-state index in [1.54, 1.807) is 0 Å². The van der Waals surface area contributed by atoms with E-state index >= 15 is 0 Å². The number of hydrogen-bond acceptors (Lipinski definition) is 1. The predicted octanol–water partition coefficient (Wildman–Crippen LogP) is 20.2. The van der Waals surface area contributed by atoms with Crippen molar-refractivity contribution in [3.63, 3.8) is 0 Å². The molecule has 0 saturated carbocycles. The molecule has 0 bridgehead atoms. The van der Waals surface area contributed by atoms with Crippen LogP contribution in [0.4, 0.5) is 11.4 Å². The summed E-state index contributed by atoms with van der Waals surface area (Å²) in [5.41, 5.74) is 17.6. The quantitative estimate of drug-likeness (QED) is 0.119. The molecule has 0 N–H and O–H groups in total. The fourth-order valence-corrected chi connectivity index (χ4v) is 16.3. The Labute approximate surface area is 463 Å². The summed E-state index contributed by atoms with van der Waals surface area (Å²) >= 11 is 0.141.